The van der Waals surface area contributed by atoms with Gasteiger partial charge in [-0.1, -0.05) is 6.92 Å². The number of carbonyl (C=O) groups excluding carboxylic acids is 1. The van der Waals surface area contributed by atoms with Crippen LogP contribution in [0.4, 0.5) is 17.1 Å². The number of nitrogens with zero attached hydrogens (tertiary/aromatic N) is 2. The second-order valence-corrected chi connectivity index (χ2v) is 5.62. The van der Waals surface area contributed by atoms with Crippen LogP contribution in [-0.2, 0) is 11.2 Å². The average molecular weight is 274 g/mol. The van der Waals surface area contributed by atoms with Crippen LogP contribution in [0.5, 0.6) is 0 Å². The van der Waals surface area contributed by atoms with Gasteiger partial charge in [0, 0.05) is 31.9 Å². The highest BCUT2D eigenvalue weighted by molar-refractivity contribution is 6.00. The standard InChI is InChI=1S/C15H22N4O/c1-2-3-18-4-6-19(7-5-18)14-10-13-11(8-12(14)16)9-15(20)17-13/h8,10H,2-7,9,16H2,1H3,(H,17,20). The number of nitrogens with two attached hydrogens (primary N) is 1. The normalized spacial score (nSPS) is 19.1. The molecule has 0 aromatic heterocycles. The van der Waals surface area contributed by atoms with E-state index in [9.17, 15) is 4.79 Å². The van der Waals surface area contributed by atoms with E-state index >= 15 is 0 Å². The number of carbonyl (C=O) groups is 1. The first kappa shape index (κ1) is 13.2. The smallest absolute Gasteiger partial charge is 0.228 e. The first-order valence-electron chi connectivity index (χ1n) is 7.37. The molecule has 3 N–H and O–H groups in total. The first-order chi connectivity index (χ1) is 9.67. The van der Waals surface area contributed by atoms with Gasteiger partial charge in [0.05, 0.1) is 17.8 Å². The number of rotatable bonds is 3. The zero-order chi connectivity index (χ0) is 14.1. The van der Waals surface area contributed by atoms with Gasteiger partial charge in [0.15, 0.2) is 0 Å². The van der Waals surface area contributed by atoms with Crippen LogP contribution in [0.3, 0.4) is 0 Å². The van der Waals surface area contributed by atoms with Crippen LogP contribution >= 0.6 is 0 Å². The highest BCUT2D eigenvalue weighted by Crippen LogP contribution is 2.34. The maximum absolute atomic E-state index is 11.4. The van der Waals surface area contributed by atoms with Gasteiger partial charge in [0.1, 0.15) is 0 Å². The van der Waals surface area contributed by atoms with E-state index < -0.39 is 0 Å². The van der Waals surface area contributed by atoms with Crippen molar-refractivity contribution in [1.29, 1.82) is 0 Å². The lowest BCUT2D eigenvalue weighted by Gasteiger charge is -2.36. The number of fused-ring (bicyclic) bond motifs is 1. The number of piperazine rings is 1. The van der Waals surface area contributed by atoms with Crippen molar-refractivity contribution < 1.29 is 4.79 Å². The maximum atomic E-state index is 11.4. The van der Waals surface area contributed by atoms with Gasteiger partial charge in [0.2, 0.25) is 5.91 Å². The molecule has 1 saturated heterocycles. The summed E-state index contributed by atoms with van der Waals surface area (Å²) in [5.74, 6) is 0.0596. The van der Waals surface area contributed by atoms with Crippen LogP contribution < -0.4 is 16.0 Å². The van der Waals surface area contributed by atoms with Gasteiger partial charge in [-0.2, -0.15) is 0 Å². The van der Waals surface area contributed by atoms with E-state index in [1.165, 1.54) is 13.0 Å². The molecule has 2 heterocycles. The molecule has 20 heavy (non-hydrogen) atoms. The average Bonchev–Trinajstić information content (AvgIpc) is 2.78. The van der Waals surface area contributed by atoms with E-state index in [-0.39, 0.29) is 5.91 Å². The molecule has 0 spiro atoms. The molecule has 108 valence electrons. The van der Waals surface area contributed by atoms with Crippen molar-refractivity contribution in [2.24, 2.45) is 0 Å². The number of nitrogen functional groups attached to an aromatic ring is 1. The number of hydrogen-bond donors (Lipinski definition) is 2. The van der Waals surface area contributed by atoms with Gasteiger partial charge in [0.25, 0.3) is 0 Å². The quantitative estimate of drug-likeness (QED) is 0.816. The number of benzene rings is 1. The molecule has 3 rings (SSSR count). The fourth-order valence-electron chi connectivity index (χ4n) is 3.08. The third-order valence-electron chi connectivity index (χ3n) is 4.13. The molecule has 0 saturated carbocycles. The van der Waals surface area contributed by atoms with E-state index in [4.69, 9.17) is 5.73 Å². The minimum Gasteiger partial charge on any atom is -0.397 e. The fraction of sp³-hybridized carbons (Fsp3) is 0.533. The summed E-state index contributed by atoms with van der Waals surface area (Å²) in [6, 6.07) is 3.98. The van der Waals surface area contributed by atoms with E-state index in [1.807, 2.05) is 12.1 Å². The van der Waals surface area contributed by atoms with E-state index in [0.29, 0.717) is 6.42 Å². The Morgan fingerprint density at radius 3 is 2.70 bits per heavy atom. The van der Waals surface area contributed by atoms with Crippen LogP contribution in [-0.4, -0.2) is 43.5 Å². The van der Waals surface area contributed by atoms with Crippen molar-refractivity contribution in [3.05, 3.63) is 17.7 Å². The number of amides is 1. The molecule has 0 bridgehead atoms. The van der Waals surface area contributed by atoms with E-state index in [2.05, 4.69) is 22.0 Å². The summed E-state index contributed by atoms with van der Waals surface area (Å²) in [6.45, 7) is 7.54. The first-order valence-corrected chi connectivity index (χ1v) is 7.37. The predicted molar refractivity (Wildman–Crippen MR) is 82.1 cm³/mol. The molecule has 1 amide bonds. The summed E-state index contributed by atoms with van der Waals surface area (Å²) < 4.78 is 0. The highest BCUT2D eigenvalue weighted by atomic mass is 16.1. The Hall–Kier alpha value is -1.75. The van der Waals surface area contributed by atoms with Crippen molar-refractivity contribution in [2.45, 2.75) is 19.8 Å². The van der Waals surface area contributed by atoms with Crippen LogP contribution in [0.25, 0.3) is 0 Å². The maximum Gasteiger partial charge on any atom is 0.228 e. The molecule has 0 radical (unpaired) electrons. The summed E-state index contributed by atoms with van der Waals surface area (Å²) in [5.41, 5.74) is 9.95. The molecule has 0 unspecified atom stereocenters. The largest absolute Gasteiger partial charge is 0.397 e. The molecule has 1 fully saturated rings. The minimum absolute atomic E-state index is 0.0596. The summed E-state index contributed by atoms with van der Waals surface area (Å²) in [4.78, 5) is 16.3. The fourth-order valence-corrected chi connectivity index (χ4v) is 3.08. The van der Waals surface area contributed by atoms with Gasteiger partial charge >= 0.3 is 0 Å². The molecule has 2 aliphatic rings. The van der Waals surface area contributed by atoms with Gasteiger partial charge in [-0.25, -0.2) is 0 Å². The van der Waals surface area contributed by atoms with Gasteiger partial charge in [-0.05, 0) is 30.7 Å². The van der Waals surface area contributed by atoms with Crippen LogP contribution in [0.1, 0.15) is 18.9 Å². The molecular formula is C15H22N4O. The van der Waals surface area contributed by atoms with E-state index in [0.717, 1.165) is 48.8 Å². The van der Waals surface area contributed by atoms with Crippen molar-refractivity contribution in [1.82, 2.24) is 4.90 Å². The molecule has 0 aliphatic carbocycles. The van der Waals surface area contributed by atoms with Gasteiger partial charge in [-0.3, -0.25) is 9.69 Å². The zero-order valence-corrected chi connectivity index (χ0v) is 12.0. The molecule has 2 aliphatic heterocycles. The third kappa shape index (κ3) is 2.45. The van der Waals surface area contributed by atoms with Crippen molar-refractivity contribution in [2.75, 3.05) is 48.7 Å². The van der Waals surface area contributed by atoms with Gasteiger partial charge in [-0.15, -0.1) is 0 Å². The second kappa shape index (κ2) is 5.32. The van der Waals surface area contributed by atoms with Crippen LogP contribution in [0, 0.1) is 0 Å². The van der Waals surface area contributed by atoms with Gasteiger partial charge < -0.3 is 16.0 Å². The topological polar surface area (TPSA) is 61.6 Å². The van der Waals surface area contributed by atoms with Crippen molar-refractivity contribution in [3.63, 3.8) is 0 Å². The Kier molecular flexibility index (Phi) is 3.53. The lowest BCUT2D eigenvalue weighted by atomic mass is 10.1. The Morgan fingerprint density at radius 2 is 2.00 bits per heavy atom. The van der Waals surface area contributed by atoms with Crippen molar-refractivity contribution in [3.8, 4) is 0 Å². The third-order valence-corrected chi connectivity index (χ3v) is 4.13. The summed E-state index contributed by atoms with van der Waals surface area (Å²) in [6.07, 6.45) is 1.65. The summed E-state index contributed by atoms with van der Waals surface area (Å²) in [7, 11) is 0. The lowest BCUT2D eigenvalue weighted by molar-refractivity contribution is -0.115. The number of hydrogen-bond acceptors (Lipinski definition) is 4. The molecule has 5 heteroatoms. The van der Waals surface area contributed by atoms with Crippen LogP contribution in [0.15, 0.2) is 12.1 Å². The highest BCUT2D eigenvalue weighted by Gasteiger charge is 2.23. The van der Waals surface area contributed by atoms with E-state index in [1.54, 1.807) is 0 Å². The number of nitrogens with one attached hydrogen (secondary N) is 1. The Bertz CT molecular complexity index is 521. The number of anilines is 3. The van der Waals surface area contributed by atoms with Crippen molar-refractivity contribution >= 4 is 23.0 Å². The van der Waals surface area contributed by atoms with Crippen LogP contribution in [0.2, 0.25) is 0 Å². The summed E-state index contributed by atoms with van der Waals surface area (Å²) in [5, 5.41) is 2.90. The predicted octanol–water partition coefficient (Wildman–Crippen LogP) is 1.30. The zero-order valence-electron chi connectivity index (χ0n) is 12.0. The minimum atomic E-state index is 0.0596. The molecule has 1 aromatic carbocycles. The second-order valence-electron chi connectivity index (χ2n) is 5.62. The Balaban J connectivity index is 1.75. The molecular weight excluding hydrogens is 252 g/mol. The SMILES string of the molecule is CCCN1CCN(c2cc3c(cc2N)CC(=O)N3)CC1. The Labute approximate surface area is 119 Å². The lowest BCUT2D eigenvalue weighted by Crippen LogP contribution is -2.46. The molecule has 1 aromatic rings. The summed E-state index contributed by atoms with van der Waals surface area (Å²) >= 11 is 0. The Morgan fingerprint density at radius 1 is 1.25 bits per heavy atom. The monoisotopic (exact) mass is 274 g/mol. The molecule has 0 atom stereocenters. The molecule has 5 nitrogen and oxygen atoms in total.